The molecule has 0 aliphatic rings. The first kappa shape index (κ1) is 16.1. The largest absolute Gasteiger partial charge is 0.480 e. The highest BCUT2D eigenvalue weighted by atomic mass is 32.2. The summed E-state index contributed by atoms with van der Waals surface area (Å²) >= 11 is 1.03. The fourth-order valence-electron chi connectivity index (χ4n) is 1.89. The summed E-state index contributed by atoms with van der Waals surface area (Å²) < 4.78 is 2.84. The standard InChI is InChI=1S/C13H16N4O4S/c1-4-5-6-17-8-9(16(3)12(21)15-10(8)18)14-13(17)22-7(2)11(19)20/h4-5,7H,6H2,1-3H3,(H,19,20)(H,15,18,21). The summed E-state index contributed by atoms with van der Waals surface area (Å²) in [6, 6.07) is 0. The number of aromatic amines is 1. The van der Waals surface area contributed by atoms with E-state index < -0.39 is 22.5 Å². The van der Waals surface area contributed by atoms with Crippen LogP contribution in [0.15, 0.2) is 26.9 Å². The number of allylic oxidation sites excluding steroid dienone is 2. The molecule has 0 radical (unpaired) electrons. The molecule has 0 aromatic carbocycles. The molecule has 1 unspecified atom stereocenters. The third kappa shape index (κ3) is 2.84. The van der Waals surface area contributed by atoms with Crippen molar-refractivity contribution in [2.24, 2.45) is 7.05 Å². The summed E-state index contributed by atoms with van der Waals surface area (Å²) in [5.41, 5.74) is -0.612. The summed E-state index contributed by atoms with van der Waals surface area (Å²) in [7, 11) is 1.50. The molecule has 0 amide bonds. The van der Waals surface area contributed by atoms with E-state index in [0.717, 1.165) is 11.8 Å². The number of aliphatic carboxylic acids is 1. The van der Waals surface area contributed by atoms with Gasteiger partial charge in [0.15, 0.2) is 16.3 Å². The number of hydrogen-bond acceptors (Lipinski definition) is 5. The molecule has 0 bridgehead atoms. The molecular formula is C13H16N4O4S. The molecule has 8 nitrogen and oxygen atoms in total. The first-order chi connectivity index (χ1) is 10.4. The number of nitrogens with zero attached hydrogens (tertiary/aromatic N) is 3. The minimum Gasteiger partial charge on any atom is -0.480 e. The van der Waals surface area contributed by atoms with Crippen molar-refractivity contribution in [3.63, 3.8) is 0 Å². The van der Waals surface area contributed by atoms with Crippen LogP contribution in [-0.4, -0.2) is 35.4 Å². The highest BCUT2D eigenvalue weighted by molar-refractivity contribution is 8.00. The van der Waals surface area contributed by atoms with Crippen molar-refractivity contribution >= 4 is 28.9 Å². The molecule has 2 rings (SSSR count). The molecule has 22 heavy (non-hydrogen) atoms. The van der Waals surface area contributed by atoms with Gasteiger partial charge in [-0.25, -0.2) is 9.78 Å². The van der Waals surface area contributed by atoms with Crippen molar-refractivity contribution in [2.75, 3.05) is 0 Å². The van der Waals surface area contributed by atoms with Gasteiger partial charge in [-0.2, -0.15) is 0 Å². The Hall–Kier alpha value is -2.29. The summed E-state index contributed by atoms with van der Waals surface area (Å²) in [4.78, 5) is 41.3. The van der Waals surface area contributed by atoms with Crippen molar-refractivity contribution in [2.45, 2.75) is 30.8 Å². The molecular weight excluding hydrogens is 308 g/mol. The van der Waals surface area contributed by atoms with Gasteiger partial charge in [0.05, 0.1) is 0 Å². The second-order valence-electron chi connectivity index (χ2n) is 4.66. The van der Waals surface area contributed by atoms with E-state index in [9.17, 15) is 14.4 Å². The van der Waals surface area contributed by atoms with Gasteiger partial charge in [-0.3, -0.25) is 19.1 Å². The normalized spacial score (nSPS) is 13.0. The van der Waals surface area contributed by atoms with Crippen LogP contribution in [0.3, 0.4) is 0 Å². The number of nitrogens with one attached hydrogen (secondary N) is 1. The molecule has 2 heterocycles. The Labute approximate surface area is 129 Å². The van der Waals surface area contributed by atoms with Crippen LogP contribution in [0.2, 0.25) is 0 Å². The Balaban J connectivity index is 2.72. The molecule has 0 aliphatic carbocycles. The highest BCUT2D eigenvalue weighted by Gasteiger charge is 2.21. The topological polar surface area (TPSA) is 110 Å². The fourth-order valence-corrected chi connectivity index (χ4v) is 2.74. The molecule has 118 valence electrons. The molecule has 0 spiro atoms. The second-order valence-corrected chi connectivity index (χ2v) is 5.97. The van der Waals surface area contributed by atoms with E-state index >= 15 is 0 Å². The Kier molecular flexibility index (Phi) is 4.55. The zero-order chi connectivity index (χ0) is 16.4. The number of rotatable bonds is 5. The van der Waals surface area contributed by atoms with Crippen LogP contribution >= 0.6 is 11.8 Å². The average Bonchev–Trinajstić information content (AvgIpc) is 2.81. The maximum Gasteiger partial charge on any atom is 0.329 e. The van der Waals surface area contributed by atoms with Gasteiger partial charge in [-0.1, -0.05) is 23.9 Å². The summed E-state index contributed by atoms with van der Waals surface area (Å²) in [6.07, 6.45) is 3.64. The molecule has 9 heteroatoms. The number of thioether (sulfide) groups is 1. The number of fused-ring (bicyclic) bond motifs is 1. The van der Waals surface area contributed by atoms with Crippen molar-refractivity contribution in [1.29, 1.82) is 0 Å². The van der Waals surface area contributed by atoms with Crippen molar-refractivity contribution in [1.82, 2.24) is 19.1 Å². The van der Waals surface area contributed by atoms with E-state index in [1.165, 1.54) is 18.5 Å². The van der Waals surface area contributed by atoms with Gasteiger partial charge < -0.3 is 9.67 Å². The summed E-state index contributed by atoms with van der Waals surface area (Å²) in [5, 5.41) is 8.70. The number of imidazole rings is 1. The van der Waals surface area contributed by atoms with E-state index in [0.29, 0.717) is 11.7 Å². The third-order valence-corrected chi connectivity index (χ3v) is 4.20. The summed E-state index contributed by atoms with van der Waals surface area (Å²) in [5.74, 6) is -0.975. The van der Waals surface area contributed by atoms with E-state index in [-0.39, 0.29) is 11.2 Å². The second kappa shape index (κ2) is 6.22. The summed E-state index contributed by atoms with van der Waals surface area (Å²) in [6.45, 7) is 3.74. The molecule has 0 saturated heterocycles. The number of aromatic nitrogens is 4. The van der Waals surface area contributed by atoms with Crippen LogP contribution in [0, 0.1) is 0 Å². The quantitative estimate of drug-likeness (QED) is 0.614. The first-order valence-corrected chi connectivity index (χ1v) is 7.45. The lowest BCUT2D eigenvalue weighted by Gasteiger charge is -2.07. The number of carboxylic acid groups (broad SMARTS) is 1. The smallest absolute Gasteiger partial charge is 0.329 e. The molecule has 2 aromatic heterocycles. The van der Waals surface area contributed by atoms with Crippen LogP contribution < -0.4 is 11.2 Å². The van der Waals surface area contributed by atoms with Gasteiger partial charge in [-0.05, 0) is 13.8 Å². The Morgan fingerprint density at radius 1 is 1.50 bits per heavy atom. The van der Waals surface area contributed by atoms with Gasteiger partial charge in [0.2, 0.25) is 0 Å². The van der Waals surface area contributed by atoms with Crippen LogP contribution in [0.25, 0.3) is 11.2 Å². The number of carbonyl (C=O) groups is 1. The number of aryl methyl sites for hydroxylation is 1. The first-order valence-electron chi connectivity index (χ1n) is 6.57. The maximum atomic E-state index is 12.1. The van der Waals surface area contributed by atoms with E-state index in [2.05, 4.69) is 9.97 Å². The number of H-pyrrole nitrogens is 1. The van der Waals surface area contributed by atoms with Crippen LogP contribution in [0.4, 0.5) is 0 Å². The van der Waals surface area contributed by atoms with Gasteiger partial charge in [0.1, 0.15) is 5.25 Å². The lowest BCUT2D eigenvalue weighted by Crippen LogP contribution is -2.29. The van der Waals surface area contributed by atoms with Crippen LogP contribution in [0.5, 0.6) is 0 Å². The van der Waals surface area contributed by atoms with Crippen LogP contribution in [-0.2, 0) is 18.4 Å². The molecule has 0 saturated carbocycles. The minimum absolute atomic E-state index is 0.235. The average molecular weight is 324 g/mol. The monoisotopic (exact) mass is 324 g/mol. The van der Waals surface area contributed by atoms with Gasteiger partial charge in [0, 0.05) is 13.6 Å². The SMILES string of the molecule is CC=CCn1c(SC(C)C(=O)O)nc2c1c(=O)[nH]c(=O)n2C. The number of hydrogen-bond donors (Lipinski definition) is 2. The molecule has 0 aliphatic heterocycles. The molecule has 0 fully saturated rings. The Bertz CT molecular complexity index is 861. The van der Waals surface area contributed by atoms with Crippen molar-refractivity contribution < 1.29 is 9.90 Å². The van der Waals surface area contributed by atoms with Crippen molar-refractivity contribution in [3.8, 4) is 0 Å². The third-order valence-electron chi connectivity index (χ3n) is 3.13. The van der Waals surface area contributed by atoms with Crippen LogP contribution in [0.1, 0.15) is 13.8 Å². The van der Waals surface area contributed by atoms with E-state index in [1.807, 2.05) is 19.1 Å². The number of carboxylic acids is 1. The van der Waals surface area contributed by atoms with E-state index in [1.54, 1.807) is 4.57 Å². The maximum absolute atomic E-state index is 12.1. The van der Waals surface area contributed by atoms with Gasteiger partial charge >= 0.3 is 11.7 Å². The van der Waals surface area contributed by atoms with Crippen molar-refractivity contribution in [3.05, 3.63) is 33.0 Å². The van der Waals surface area contributed by atoms with Gasteiger partial charge in [-0.15, -0.1) is 0 Å². The zero-order valence-electron chi connectivity index (χ0n) is 12.4. The fraction of sp³-hybridized carbons (Fsp3) is 0.385. The predicted molar refractivity (Wildman–Crippen MR) is 83.4 cm³/mol. The molecule has 2 aromatic rings. The minimum atomic E-state index is -0.975. The lowest BCUT2D eigenvalue weighted by atomic mass is 10.4. The van der Waals surface area contributed by atoms with E-state index in [4.69, 9.17) is 5.11 Å². The zero-order valence-corrected chi connectivity index (χ0v) is 13.2. The highest BCUT2D eigenvalue weighted by Crippen LogP contribution is 2.25. The lowest BCUT2D eigenvalue weighted by molar-refractivity contribution is -0.136. The van der Waals surface area contributed by atoms with Gasteiger partial charge in [0.25, 0.3) is 5.56 Å². The predicted octanol–water partition coefficient (Wildman–Crippen LogP) is 0.565. The molecule has 2 N–H and O–H groups in total. The molecule has 1 atom stereocenters. The Morgan fingerprint density at radius 3 is 2.77 bits per heavy atom. The Morgan fingerprint density at radius 2 is 2.18 bits per heavy atom.